The second-order valence-corrected chi connectivity index (χ2v) is 14.4. The van der Waals surface area contributed by atoms with E-state index in [2.05, 4.69) is 217 Å². The molecule has 0 saturated heterocycles. The fraction of sp³-hybridized carbons (Fsp3) is 0. The molecule has 2 aliphatic rings. The van der Waals surface area contributed by atoms with Crippen molar-refractivity contribution in [3.05, 3.63) is 216 Å². The van der Waals surface area contributed by atoms with Crippen LogP contribution in [0.25, 0.3) is 103 Å². The molecule has 2 aliphatic heterocycles. The molecule has 0 unspecified atom stereocenters. The molecule has 0 aliphatic carbocycles. The summed E-state index contributed by atoms with van der Waals surface area (Å²) in [6.45, 7) is 3.94. The Bertz CT molecular complexity index is 3080. The molecular weight excluding hydrogens is 705 g/mol. The van der Waals surface area contributed by atoms with E-state index in [1.807, 2.05) is 6.08 Å². The van der Waals surface area contributed by atoms with Gasteiger partial charge in [0.1, 0.15) is 0 Å². The lowest BCUT2D eigenvalue weighted by molar-refractivity contribution is 1.31. The molecule has 8 aromatic rings. The first-order valence-corrected chi connectivity index (χ1v) is 19.5. The molecule has 5 aromatic carbocycles. The van der Waals surface area contributed by atoms with Crippen LogP contribution in [0.15, 0.2) is 183 Å². The number of rotatable bonds is 7. The van der Waals surface area contributed by atoms with Gasteiger partial charge in [-0.3, -0.25) is 0 Å². The maximum absolute atomic E-state index is 5.62. The van der Waals surface area contributed by atoms with Gasteiger partial charge in [0.15, 0.2) is 0 Å². The summed E-state index contributed by atoms with van der Waals surface area (Å²) in [5.74, 6) is 0. The van der Waals surface area contributed by atoms with Gasteiger partial charge in [-0.05, 0) is 75.9 Å². The van der Waals surface area contributed by atoms with Crippen LogP contribution in [0.3, 0.4) is 0 Å². The number of hydrogen-bond donors (Lipinski definition) is 2. The van der Waals surface area contributed by atoms with E-state index in [1.54, 1.807) is 0 Å². The number of nitrogens with one attached hydrogen (secondary N) is 2. The number of nitrogens with zero attached hydrogens (tertiary/aromatic N) is 2. The predicted molar refractivity (Wildman–Crippen MR) is 245 cm³/mol. The highest BCUT2D eigenvalue weighted by Crippen LogP contribution is 2.40. The third kappa shape index (κ3) is 6.53. The van der Waals surface area contributed by atoms with Gasteiger partial charge in [-0.2, -0.15) is 0 Å². The van der Waals surface area contributed by atoms with Crippen molar-refractivity contribution in [3.63, 3.8) is 0 Å². The monoisotopic (exact) mass is 742 g/mol. The molecule has 5 heterocycles. The zero-order valence-corrected chi connectivity index (χ0v) is 31.7. The molecule has 0 fully saturated rings. The first-order chi connectivity index (χ1) is 28.7. The molecule has 274 valence electrons. The molecule has 4 heteroatoms. The molecule has 58 heavy (non-hydrogen) atoms. The van der Waals surface area contributed by atoms with Crippen LogP contribution in [0.4, 0.5) is 0 Å². The van der Waals surface area contributed by atoms with Gasteiger partial charge >= 0.3 is 0 Å². The van der Waals surface area contributed by atoms with Crippen molar-refractivity contribution in [3.8, 4) is 44.5 Å². The Morgan fingerprint density at radius 1 is 0.379 bits per heavy atom. The second-order valence-electron chi connectivity index (χ2n) is 14.4. The maximum Gasteiger partial charge on any atom is 0.0809 e. The van der Waals surface area contributed by atoms with Crippen LogP contribution in [0.1, 0.15) is 33.9 Å². The van der Waals surface area contributed by atoms with E-state index >= 15 is 0 Å². The minimum absolute atomic E-state index is 0.870. The Labute approximate surface area is 337 Å². The van der Waals surface area contributed by atoms with Gasteiger partial charge in [-0.15, -0.1) is 0 Å². The van der Waals surface area contributed by atoms with Gasteiger partial charge in [-0.25, -0.2) is 9.97 Å². The van der Waals surface area contributed by atoms with Gasteiger partial charge in [0, 0.05) is 49.9 Å². The average Bonchev–Trinajstić information content (AvgIpc) is 4.12. The van der Waals surface area contributed by atoms with Gasteiger partial charge in [0.2, 0.25) is 0 Å². The van der Waals surface area contributed by atoms with Crippen molar-refractivity contribution in [1.82, 2.24) is 19.9 Å². The van der Waals surface area contributed by atoms with Gasteiger partial charge in [-0.1, -0.05) is 170 Å². The Morgan fingerprint density at radius 2 is 0.776 bits per heavy atom. The standard InChI is InChI=1S/C54H38N4/c1-2-36-23-25-37(26-24-36)27-28-42-35-49-52(40-19-11-5-12-20-40)47-32-31-45(56-47)50(38-15-7-3-8-16-38)43-29-30-44(55-43)51(39-17-9-4-10-18-39)46-33-34-48(57-46)53(54(42)58-49)41-21-13-6-14-22-41/h2-35,56-57H,1H2/b28-27-,50-43?,50-45?,51-44?,51-46?,52-47?,52-49?,53-48?,54-53?. The van der Waals surface area contributed by atoms with Crippen molar-refractivity contribution in [2.24, 2.45) is 0 Å². The van der Waals surface area contributed by atoms with Crippen LogP contribution in [0.2, 0.25) is 0 Å². The summed E-state index contributed by atoms with van der Waals surface area (Å²) in [5, 5.41) is 0. The summed E-state index contributed by atoms with van der Waals surface area (Å²) in [6, 6.07) is 59.3. The number of H-pyrrole nitrogens is 2. The Morgan fingerprint density at radius 3 is 1.22 bits per heavy atom. The summed E-state index contributed by atoms with van der Waals surface area (Å²) >= 11 is 0. The molecule has 0 radical (unpaired) electrons. The van der Waals surface area contributed by atoms with Crippen molar-refractivity contribution >= 4 is 58.0 Å². The fourth-order valence-corrected chi connectivity index (χ4v) is 7.99. The SMILES string of the molecule is C=Cc1ccc(/C=C\C2=Cc3nc2c(-c2ccccc2)c2ccc([nH]2)c(-c2ccccc2)c2nc(c(-c4ccccc4)c4ccc([nH]4)c3-c3ccccc3)C=C2)cc1. The van der Waals surface area contributed by atoms with Crippen LogP contribution in [-0.2, 0) is 0 Å². The van der Waals surface area contributed by atoms with Crippen molar-refractivity contribution in [2.75, 3.05) is 0 Å². The van der Waals surface area contributed by atoms with Crippen molar-refractivity contribution in [1.29, 1.82) is 0 Å². The maximum atomic E-state index is 5.62. The van der Waals surface area contributed by atoms with Gasteiger partial charge in [0.05, 0.1) is 22.8 Å². The van der Waals surface area contributed by atoms with Gasteiger partial charge < -0.3 is 9.97 Å². The number of benzene rings is 5. The van der Waals surface area contributed by atoms with E-state index in [4.69, 9.17) is 9.97 Å². The summed E-state index contributed by atoms with van der Waals surface area (Å²) in [7, 11) is 0. The molecule has 0 spiro atoms. The lowest BCUT2D eigenvalue weighted by Gasteiger charge is -2.08. The van der Waals surface area contributed by atoms with Crippen LogP contribution in [0, 0.1) is 0 Å². The quantitative estimate of drug-likeness (QED) is 0.171. The molecule has 4 nitrogen and oxygen atoms in total. The van der Waals surface area contributed by atoms with E-state index in [1.165, 1.54) is 0 Å². The van der Waals surface area contributed by atoms with E-state index < -0.39 is 0 Å². The van der Waals surface area contributed by atoms with E-state index in [-0.39, 0.29) is 0 Å². The first kappa shape index (κ1) is 34.7. The van der Waals surface area contributed by atoms with E-state index in [0.717, 1.165) is 106 Å². The minimum Gasteiger partial charge on any atom is -0.354 e. The summed E-state index contributed by atoms with van der Waals surface area (Å²) in [6.07, 6.45) is 12.7. The van der Waals surface area contributed by atoms with Gasteiger partial charge in [0.25, 0.3) is 0 Å². The molecule has 8 bridgehead atoms. The third-order valence-corrected chi connectivity index (χ3v) is 10.8. The minimum atomic E-state index is 0.870. The smallest absolute Gasteiger partial charge is 0.0809 e. The van der Waals surface area contributed by atoms with Crippen molar-refractivity contribution < 1.29 is 0 Å². The molecule has 2 N–H and O–H groups in total. The van der Waals surface area contributed by atoms with Crippen LogP contribution in [-0.4, -0.2) is 19.9 Å². The number of aromatic amines is 2. The summed E-state index contributed by atoms with van der Waals surface area (Å²) in [5.41, 5.74) is 18.9. The largest absolute Gasteiger partial charge is 0.354 e. The average molecular weight is 743 g/mol. The number of allylic oxidation sites excluding steroid dienone is 2. The summed E-state index contributed by atoms with van der Waals surface area (Å²) in [4.78, 5) is 18.8. The van der Waals surface area contributed by atoms with E-state index in [0.29, 0.717) is 0 Å². The van der Waals surface area contributed by atoms with Crippen LogP contribution in [0.5, 0.6) is 0 Å². The molecular formula is C54H38N4. The lowest BCUT2D eigenvalue weighted by atomic mass is 9.98. The van der Waals surface area contributed by atoms with Crippen molar-refractivity contribution in [2.45, 2.75) is 0 Å². The zero-order valence-electron chi connectivity index (χ0n) is 31.7. The molecule has 0 saturated carbocycles. The highest BCUT2D eigenvalue weighted by molar-refractivity contribution is 6.04. The Balaban J connectivity index is 1.38. The highest BCUT2D eigenvalue weighted by atomic mass is 14.8. The Kier molecular flexibility index (Phi) is 8.97. The zero-order chi connectivity index (χ0) is 38.8. The highest BCUT2D eigenvalue weighted by Gasteiger charge is 2.21. The third-order valence-electron chi connectivity index (χ3n) is 10.8. The van der Waals surface area contributed by atoms with Crippen LogP contribution >= 0.6 is 0 Å². The van der Waals surface area contributed by atoms with E-state index in [9.17, 15) is 0 Å². The normalized spacial score (nSPS) is 12.2. The molecule has 0 amide bonds. The number of aromatic nitrogens is 4. The molecule has 0 atom stereocenters. The number of hydrogen-bond acceptors (Lipinski definition) is 2. The topological polar surface area (TPSA) is 57.4 Å². The lowest BCUT2D eigenvalue weighted by Crippen LogP contribution is -1.90. The number of fused-ring (bicyclic) bond motifs is 8. The summed E-state index contributed by atoms with van der Waals surface area (Å²) < 4.78 is 0. The second kappa shape index (κ2) is 15.0. The fourth-order valence-electron chi connectivity index (χ4n) is 7.99. The first-order valence-electron chi connectivity index (χ1n) is 19.5. The molecule has 3 aromatic heterocycles. The Hall–Kier alpha value is -7.82. The van der Waals surface area contributed by atoms with Crippen LogP contribution < -0.4 is 0 Å². The molecule has 10 rings (SSSR count). The predicted octanol–water partition coefficient (Wildman–Crippen LogP) is 14.1.